The third-order valence-corrected chi connectivity index (χ3v) is 5.40. The molecule has 5 aromatic rings. The first-order valence-electron chi connectivity index (χ1n) is 10.5. The van der Waals surface area contributed by atoms with Crippen LogP contribution in [0.4, 0.5) is 5.69 Å². The molecule has 0 N–H and O–H groups in total. The van der Waals surface area contributed by atoms with Crippen molar-refractivity contribution in [1.82, 2.24) is 9.66 Å². The standard InChI is InChI=1S/C26H18N4O4/c1-17-11-12-19(15-23(17)30(32)33)24-14-13-20(34-24)16-27-29-25(18-7-3-2-4-8-18)28-22-10-6-5-9-21(22)26(29)31/h2-16H,1H3. The maximum absolute atomic E-state index is 13.2. The number of rotatable bonds is 5. The number of nitro groups is 1. The molecule has 8 nitrogen and oxygen atoms in total. The molecule has 0 radical (unpaired) electrons. The minimum Gasteiger partial charge on any atom is -0.455 e. The summed E-state index contributed by atoms with van der Waals surface area (Å²) in [5.41, 5.74) is 2.19. The fourth-order valence-corrected chi connectivity index (χ4v) is 3.66. The van der Waals surface area contributed by atoms with Gasteiger partial charge in [0, 0.05) is 22.8 Å². The summed E-state index contributed by atoms with van der Waals surface area (Å²) < 4.78 is 7.08. The first-order chi connectivity index (χ1) is 16.5. The Labute approximate surface area is 193 Å². The molecule has 0 spiro atoms. The highest BCUT2D eigenvalue weighted by Gasteiger charge is 2.15. The van der Waals surface area contributed by atoms with Gasteiger partial charge in [0.25, 0.3) is 11.2 Å². The average molecular weight is 450 g/mol. The van der Waals surface area contributed by atoms with Crippen molar-refractivity contribution >= 4 is 22.8 Å². The second-order valence-electron chi connectivity index (χ2n) is 7.64. The van der Waals surface area contributed by atoms with Gasteiger partial charge in [-0.3, -0.25) is 14.9 Å². The van der Waals surface area contributed by atoms with Crippen LogP contribution in [0.2, 0.25) is 0 Å². The number of benzene rings is 3. The lowest BCUT2D eigenvalue weighted by Gasteiger charge is -2.09. The molecule has 2 heterocycles. The molecule has 0 aliphatic carbocycles. The minimum atomic E-state index is -0.422. The molecular weight excluding hydrogens is 432 g/mol. The van der Waals surface area contributed by atoms with Gasteiger partial charge in [-0.25, -0.2) is 4.98 Å². The van der Waals surface area contributed by atoms with Crippen LogP contribution in [0.5, 0.6) is 0 Å². The van der Waals surface area contributed by atoms with Gasteiger partial charge in [0.1, 0.15) is 11.5 Å². The fraction of sp³-hybridized carbons (Fsp3) is 0.0385. The smallest absolute Gasteiger partial charge is 0.282 e. The molecule has 0 aliphatic rings. The van der Waals surface area contributed by atoms with Crippen LogP contribution in [0.3, 0.4) is 0 Å². The summed E-state index contributed by atoms with van der Waals surface area (Å²) in [5, 5.41) is 16.1. The van der Waals surface area contributed by atoms with E-state index >= 15 is 0 Å². The van der Waals surface area contributed by atoms with E-state index in [2.05, 4.69) is 10.1 Å². The lowest BCUT2D eigenvalue weighted by atomic mass is 10.1. The van der Waals surface area contributed by atoms with Crippen molar-refractivity contribution in [3.05, 3.63) is 117 Å². The van der Waals surface area contributed by atoms with Crippen LogP contribution in [-0.4, -0.2) is 20.8 Å². The Kier molecular flexibility index (Phi) is 5.31. The van der Waals surface area contributed by atoms with Crippen molar-refractivity contribution in [1.29, 1.82) is 0 Å². The van der Waals surface area contributed by atoms with Gasteiger partial charge in [-0.05, 0) is 31.2 Å². The van der Waals surface area contributed by atoms with Crippen LogP contribution >= 0.6 is 0 Å². The van der Waals surface area contributed by atoms with Crippen LogP contribution in [0, 0.1) is 17.0 Å². The SMILES string of the molecule is Cc1ccc(-c2ccc(C=Nn3c(-c4ccccc4)nc4ccccc4c3=O)o2)cc1[N+](=O)[O-]. The maximum atomic E-state index is 13.2. The number of hydrogen-bond donors (Lipinski definition) is 0. The van der Waals surface area contributed by atoms with Gasteiger partial charge in [-0.2, -0.15) is 9.78 Å². The molecular formula is C26H18N4O4. The summed E-state index contributed by atoms with van der Waals surface area (Å²) in [5.74, 6) is 1.25. The molecule has 0 aliphatic heterocycles. The Hall–Kier alpha value is -4.85. The van der Waals surface area contributed by atoms with E-state index in [9.17, 15) is 14.9 Å². The quantitative estimate of drug-likeness (QED) is 0.202. The maximum Gasteiger partial charge on any atom is 0.282 e. The summed E-state index contributed by atoms with van der Waals surface area (Å²) in [4.78, 5) is 28.7. The molecule has 0 saturated heterocycles. The third kappa shape index (κ3) is 3.88. The lowest BCUT2D eigenvalue weighted by molar-refractivity contribution is -0.385. The van der Waals surface area contributed by atoms with Gasteiger partial charge >= 0.3 is 0 Å². The normalized spacial score (nSPS) is 11.3. The van der Waals surface area contributed by atoms with Gasteiger partial charge in [0.2, 0.25) is 0 Å². The monoisotopic (exact) mass is 450 g/mol. The van der Waals surface area contributed by atoms with Crippen molar-refractivity contribution in [2.24, 2.45) is 5.10 Å². The number of nitrogens with zero attached hydrogens (tertiary/aromatic N) is 4. The van der Waals surface area contributed by atoms with E-state index in [4.69, 9.17) is 4.42 Å². The van der Waals surface area contributed by atoms with Crippen molar-refractivity contribution < 1.29 is 9.34 Å². The molecule has 0 saturated carbocycles. The van der Waals surface area contributed by atoms with Crippen LogP contribution < -0.4 is 5.56 Å². The van der Waals surface area contributed by atoms with Gasteiger partial charge in [0.15, 0.2) is 5.82 Å². The minimum absolute atomic E-state index is 0.0189. The number of para-hydroxylation sites is 1. The van der Waals surface area contributed by atoms with Crippen molar-refractivity contribution in [3.63, 3.8) is 0 Å². The van der Waals surface area contributed by atoms with Crippen LogP contribution in [-0.2, 0) is 0 Å². The van der Waals surface area contributed by atoms with Crippen LogP contribution in [0.1, 0.15) is 11.3 Å². The highest BCUT2D eigenvalue weighted by atomic mass is 16.6. The first kappa shape index (κ1) is 21.0. The Balaban J connectivity index is 1.56. The topological polar surface area (TPSA) is 104 Å². The molecule has 8 heteroatoms. The predicted molar refractivity (Wildman–Crippen MR) is 130 cm³/mol. The van der Waals surface area contributed by atoms with Crippen molar-refractivity contribution in [3.8, 4) is 22.7 Å². The molecule has 3 aromatic carbocycles. The van der Waals surface area contributed by atoms with E-state index in [1.54, 1.807) is 49.4 Å². The molecule has 2 aromatic heterocycles. The summed E-state index contributed by atoms with van der Waals surface area (Å²) >= 11 is 0. The van der Waals surface area contributed by atoms with E-state index in [0.29, 0.717) is 39.4 Å². The zero-order valence-corrected chi connectivity index (χ0v) is 18.1. The summed E-state index contributed by atoms with van der Waals surface area (Å²) in [7, 11) is 0. The van der Waals surface area contributed by atoms with E-state index < -0.39 is 4.92 Å². The number of fused-ring (bicyclic) bond motifs is 1. The second-order valence-corrected chi connectivity index (χ2v) is 7.64. The van der Waals surface area contributed by atoms with E-state index in [0.717, 1.165) is 5.56 Å². The predicted octanol–water partition coefficient (Wildman–Crippen LogP) is 5.42. The van der Waals surface area contributed by atoms with E-state index in [1.807, 2.05) is 36.4 Å². The van der Waals surface area contributed by atoms with Gasteiger partial charge in [-0.15, -0.1) is 0 Å². The molecule has 34 heavy (non-hydrogen) atoms. The molecule has 0 fully saturated rings. The zero-order chi connectivity index (χ0) is 23.7. The average Bonchev–Trinajstić information content (AvgIpc) is 3.33. The highest BCUT2D eigenvalue weighted by Crippen LogP contribution is 2.28. The van der Waals surface area contributed by atoms with Crippen molar-refractivity contribution in [2.45, 2.75) is 6.92 Å². The molecule has 0 bridgehead atoms. The molecule has 0 atom stereocenters. The Morgan fingerprint density at radius 3 is 2.53 bits per heavy atom. The molecule has 0 amide bonds. The fourth-order valence-electron chi connectivity index (χ4n) is 3.66. The second kappa shape index (κ2) is 8.59. The first-order valence-corrected chi connectivity index (χ1v) is 10.5. The highest BCUT2D eigenvalue weighted by molar-refractivity contribution is 5.81. The summed E-state index contributed by atoms with van der Waals surface area (Å²) in [6, 6.07) is 24.7. The van der Waals surface area contributed by atoms with Crippen molar-refractivity contribution in [2.75, 3.05) is 0 Å². The van der Waals surface area contributed by atoms with Crippen LogP contribution in [0.15, 0.2) is 99.2 Å². The number of furan rings is 1. The summed E-state index contributed by atoms with van der Waals surface area (Å²) in [6.45, 7) is 1.68. The Morgan fingerprint density at radius 1 is 0.971 bits per heavy atom. The van der Waals surface area contributed by atoms with Gasteiger partial charge in [-0.1, -0.05) is 54.6 Å². The largest absolute Gasteiger partial charge is 0.455 e. The Morgan fingerprint density at radius 2 is 1.74 bits per heavy atom. The Bertz CT molecular complexity index is 1620. The molecule has 0 unspecified atom stereocenters. The summed E-state index contributed by atoms with van der Waals surface area (Å²) in [6.07, 6.45) is 1.43. The number of hydrogen-bond acceptors (Lipinski definition) is 6. The third-order valence-electron chi connectivity index (χ3n) is 5.40. The number of aromatic nitrogens is 2. The number of aryl methyl sites for hydroxylation is 1. The molecule has 5 rings (SSSR count). The van der Waals surface area contributed by atoms with E-state index in [1.165, 1.54) is 17.0 Å². The van der Waals surface area contributed by atoms with Gasteiger partial charge in [0.05, 0.1) is 22.0 Å². The lowest BCUT2D eigenvalue weighted by Crippen LogP contribution is -2.20. The van der Waals surface area contributed by atoms with E-state index in [-0.39, 0.29) is 11.2 Å². The zero-order valence-electron chi connectivity index (χ0n) is 18.1. The van der Waals surface area contributed by atoms with Crippen LogP contribution in [0.25, 0.3) is 33.6 Å². The number of nitro benzene ring substituents is 1. The molecule has 166 valence electrons. The van der Waals surface area contributed by atoms with Gasteiger partial charge < -0.3 is 4.42 Å².